The molecule has 0 saturated carbocycles. The fourth-order valence-electron chi connectivity index (χ4n) is 3.02. The molecule has 0 aromatic heterocycles. The van der Waals surface area contributed by atoms with E-state index in [4.69, 9.17) is 0 Å². The van der Waals surface area contributed by atoms with Crippen LogP contribution >= 0.6 is 11.8 Å². The van der Waals surface area contributed by atoms with Gasteiger partial charge in [0.2, 0.25) is 0 Å². The van der Waals surface area contributed by atoms with Crippen LogP contribution in [-0.2, 0) is 0 Å². The number of nitrogens with zero attached hydrogens (tertiary/aromatic N) is 1. The van der Waals surface area contributed by atoms with Gasteiger partial charge in [-0.15, -0.1) is 11.8 Å². The Bertz CT molecular complexity index is 408. The van der Waals surface area contributed by atoms with Crippen LogP contribution in [0.4, 0.5) is 5.69 Å². The summed E-state index contributed by atoms with van der Waals surface area (Å²) in [4.78, 5) is 3.96. The lowest BCUT2D eigenvalue weighted by atomic mass is 9.91. The topological polar surface area (TPSA) is 15.3 Å². The van der Waals surface area contributed by atoms with E-state index in [0.717, 1.165) is 11.7 Å². The molecule has 1 aliphatic heterocycles. The zero-order valence-electron chi connectivity index (χ0n) is 13.1. The summed E-state index contributed by atoms with van der Waals surface area (Å²) in [5.74, 6) is 1.89. The molecular weight excluding hydrogens is 264 g/mol. The molecule has 0 bridgehead atoms. The summed E-state index contributed by atoms with van der Waals surface area (Å²) in [5, 5.41) is 3.76. The lowest BCUT2D eigenvalue weighted by molar-refractivity contribution is 0.172. The SMILES string of the molecule is CCSc1ccccc1NC(C)C1CCCN(CC)C1. The number of thioether (sulfide) groups is 1. The molecular formula is C17H28N2S. The minimum Gasteiger partial charge on any atom is -0.381 e. The summed E-state index contributed by atoms with van der Waals surface area (Å²) in [7, 11) is 0. The van der Waals surface area contributed by atoms with Gasteiger partial charge in [-0.1, -0.05) is 26.0 Å². The molecule has 1 aromatic rings. The Balaban J connectivity index is 1.98. The molecule has 112 valence electrons. The van der Waals surface area contributed by atoms with Crippen molar-refractivity contribution in [1.29, 1.82) is 0 Å². The van der Waals surface area contributed by atoms with Crippen LogP contribution in [0.25, 0.3) is 0 Å². The Morgan fingerprint density at radius 3 is 2.90 bits per heavy atom. The average molecular weight is 292 g/mol. The summed E-state index contributed by atoms with van der Waals surface area (Å²) in [6.45, 7) is 10.5. The second kappa shape index (κ2) is 7.94. The Hall–Kier alpha value is -0.670. The molecule has 0 amide bonds. The lowest BCUT2D eigenvalue weighted by Crippen LogP contribution is -2.41. The van der Waals surface area contributed by atoms with Gasteiger partial charge in [0.05, 0.1) is 0 Å². The second-order valence-corrected chi connectivity index (χ2v) is 6.96. The van der Waals surface area contributed by atoms with Crippen molar-refractivity contribution in [2.45, 2.75) is 44.6 Å². The molecule has 1 aliphatic rings. The monoisotopic (exact) mass is 292 g/mol. The summed E-state index contributed by atoms with van der Waals surface area (Å²) in [6.07, 6.45) is 2.70. The van der Waals surface area contributed by atoms with E-state index in [9.17, 15) is 0 Å². The minimum atomic E-state index is 0.544. The first kappa shape index (κ1) is 15.7. The summed E-state index contributed by atoms with van der Waals surface area (Å²) < 4.78 is 0. The zero-order chi connectivity index (χ0) is 14.4. The van der Waals surface area contributed by atoms with Crippen LogP contribution in [0.15, 0.2) is 29.2 Å². The number of hydrogen-bond donors (Lipinski definition) is 1. The Morgan fingerprint density at radius 1 is 1.35 bits per heavy atom. The number of benzene rings is 1. The van der Waals surface area contributed by atoms with E-state index in [1.165, 1.54) is 43.1 Å². The summed E-state index contributed by atoms with van der Waals surface area (Å²) in [5.41, 5.74) is 1.31. The van der Waals surface area contributed by atoms with E-state index in [2.05, 4.69) is 55.3 Å². The number of likely N-dealkylation sites (tertiary alicyclic amines) is 1. The third-order valence-electron chi connectivity index (χ3n) is 4.27. The standard InChI is InChI=1S/C17H28N2S/c1-4-19-12-8-9-15(13-19)14(3)18-16-10-6-7-11-17(16)20-5-2/h6-7,10-11,14-15,18H,4-5,8-9,12-13H2,1-3H3. The van der Waals surface area contributed by atoms with Gasteiger partial charge in [-0.25, -0.2) is 0 Å². The van der Waals surface area contributed by atoms with Crippen molar-refractivity contribution in [2.24, 2.45) is 5.92 Å². The predicted octanol–water partition coefficient (Wildman–Crippen LogP) is 4.33. The van der Waals surface area contributed by atoms with E-state index in [0.29, 0.717) is 6.04 Å². The largest absolute Gasteiger partial charge is 0.381 e. The van der Waals surface area contributed by atoms with Gasteiger partial charge < -0.3 is 10.2 Å². The molecule has 3 heteroatoms. The van der Waals surface area contributed by atoms with Gasteiger partial charge in [0, 0.05) is 23.2 Å². The maximum Gasteiger partial charge on any atom is 0.0480 e. The fraction of sp³-hybridized carbons (Fsp3) is 0.647. The van der Waals surface area contributed by atoms with E-state index in [-0.39, 0.29) is 0 Å². The highest BCUT2D eigenvalue weighted by molar-refractivity contribution is 7.99. The van der Waals surface area contributed by atoms with Gasteiger partial charge in [-0.3, -0.25) is 0 Å². The smallest absolute Gasteiger partial charge is 0.0480 e. The highest BCUT2D eigenvalue weighted by Gasteiger charge is 2.24. The van der Waals surface area contributed by atoms with Crippen LogP contribution in [0.1, 0.15) is 33.6 Å². The number of para-hydroxylation sites is 1. The molecule has 1 saturated heterocycles. The van der Waals surface area contributed by atoms with Gasteiger partial charge >= 0.3 is 0 Å². The van der Waals surface area contributed by atoms with Crippen molar-refractivity contribution in [2.75, 3.05) is 30.7 Å². The lowest BCUT2D eigenvalue weighted by Gasteiger charge is -2.36. The van der Waals surface area contributed by atoms with Crippen LogP contribution in [0, 0.1) is 5.92 Å². The highest BCUT2D eigenvalue weighted by atomic mass is 32.2. The Morgan fingerprint density at radius 2 is 2.15 bits per heavy atom. The second-order valence-electron chi connectivity index (χ2n) is 5.66. The summed E-state index contributed by atoms with van der Waals surface area (Å²) in [6, 6.07) is 9.25. The first-order valence-corrected chi connectivity index (χ1v) is 8.93. The first-order chi connectivity index (χ1) is 9.74. The molecule has 2 unspecified atom stereocenters. The van der Waals surface area contributed by atoms with Gasteiger partial charge in [-0.2, -0.15) is 0 Å². The normalized spacial score (nSPS) is 21.6. The van der Waals surface area contributed by atoms with Crippen molar-refractivity contribution < 1.29 is 0 Å². The van der Waals surface area contributed by atoms with Crippen LogP contribution in [-0.4, -0.2) is 36.3 Å². The minimum absolute atomic E-state index is 0.544. The van der Waals surface area contributed by atoms with Gasteiger partial charge in [0.1, 0.15) is 0 Å². The van der Waals surface area contributed by atoms with Gasteiger partial charge in [0.15, 0.2) is 0 Å². The predicted molar refractivity (Wildman–Crippen MR) is 90.8 cm³/mol. The van der Waals surface area contributed by atoms with Crippen molar-refractivity contribution in [3.8, 4) is 0 Å². The molecule has 1 aromatic carbocycles. The van der Waals surface area contributed by atoms with Crippen molar-refractivity contribution in [3.05, 3.63) is 24.3 Å². The van der Waals surface area contributed by atoms with Crippen molar-refractivity contribution >= 4 is 17.4 Å². The number of anilines is 1. The number of nitrogens with one attached hydrogen (secondary N) is 1. The highest BCUT2D eigenvalue weighted by Crippen LogP contribution is 2.29. The first-order valence-electron chi connectivity index (χ1n) is 7.95. The average Bonchev–Trinajstić information content (AvgIpc) is 2.49. The van der Waals surface area contributed by atoms with Gasteiger partial charge in [-0.05, 0) is 56.7 Å². The van der Waals surface area contributed by atoms with E-state index in [1.54, 1.807) is 0 Å². The van der Waals surface area contributed by atoms with Crippen LogP contribution in [0.5, 0.6) is 0 Å². The number of hydrogen-bond acceptors (Lipinski definition) is 3. The molecule has 0 radical (unpaired) electrons. The summed E-state index contributed by atoms with van der Waals surface area (Å²) >= 11 is 1.92. The number of piperidine rings is 1. The van der Waals surface area contributed by atoms with Crippen LogP contribution in [0.2, 0.25) is 0 Å². The maximum absolute atomic E-state index is 3.76. The molecule has 2 rings (SSSR count). The van der Waals surface area contributed by atoms with E-state index < -0.39 is 0 Å². The Labute approximate surface area is 128 Å². The zero-order valence-corrected chi connectivity index (χ0v) is 13.9. The molecule has 20 heavy (non-hydrogen) atoms. The van der Waals surface area contributed by atoms with Crippen LogP contribution in [0.3, 0.4) is 0 Å². The maximum atomic E-state index is 3.76. The molecule has 1 heterocycles. The molecule has 1 N–H and O–H groups in total. The molecule has 2 atom stereocenters. The molecule has 0 spiro atoms. The van der Waals surface area contributed by atoms with E-state index >= 15 is 0 Å². The van der Waals surface area contributed by atoms with Crippen LogP contribution < -0.4 is 5.32 Å². The number of rotatable bonds is 6. The molecule has 0 aliphatic carbocycles. The molecule has 2 nitrogen and oxygen atoms in total. The third-order valence-corrected chi connectivity index (χ3v) is 5.22. The quantitative estimate of drug-likeness (QED) is 0.786. The van der Waals surface area contributed by atoms with E-state index in [1.807, 2.05) is 11.8 Å². The molecule has 1 fully saturated rings. The fourth-order valence-corrected chi connectivity index (χ4v) is 3.79. The third kappa shape index (κ3) is 4.16. The van der Waals surface area contributed by atoms with Crippen molar-refractivity contribution in [3.63, 3.8) is 0 Å². The van der Waals surface area contributed by atoms with Gasteiger partial charge in [0.25, 0.3) is 0 Å². The Kier molecular flexibility index (Phi) is 6.24. The van der Waals surface area contributed by atoms with Crippen molar-refractivity contribution in [1.82, 2.24) is 4.90 Å².